The fraction of sp³-hybridized carbons (Fsp3) is 0.769. The molecule has 0 aromatic carbocycles. The number of hydrogen-bond acceptors (Lipinski definition) is 1. The highest BCUT2D eigenvalue weighted by molar-refractivity contribution is 5.44. The average Bonchev–Trinajstić information content (AvgIpc) is 2.72. The molecule has 1 heterocycles. The summed E-state index contributed by atoms with van der Waals surface area (Å²) >= 11 is 0. The van der Waals surface area contributed by atoms with Gasteiger partial charge in [0.05, 0.1) is 5.69 Å². The molecule has 0 amide bonds. The van der Waals surface area contributed by atoms with E-state index in [1.165, 1.54) is 18.5 Å². The van der Waals surface area contributed by atoms with Crippen LogP contribution in [-0.2, 0) is 12.0 Å². The minimum atomic E-state index is 0.151. The van der Waals surface area contributed by atoms with E-state index in [1.54, 1.807) is 0 Å². The third-order valence-corrected chi connectivity index (χ3v) is 5.42. The highest BCUT2D eigenvalue weighted by atomic mass is 16.1. The molecule has 3 nitrogen and oxygen atoms in total. The maximum atomic E-state index is 12.0. The monoisotopic (exact) mass is 220 g/mol. The summed E-state index contributed by atoms with van der Waals surface area (Å²) in [5, 5.41) is 2.99. The summed E-state index contributed by atoms with van der Waals surface area (Å²) in [6.07, 6.45) is 2.39. The first-order valence-electron chi connectivity index (χ1n) is 6.26. The molecule has 3 rings (SSSR count). The van der Waals surface area contributed by atoms with Gasteiger partial charge >= 0.3 is 0 Å². The van der Waals surface area contributed by atoms with E-state index in [9.17, 15) is 4.79 Å². The molecule has 2 unspecified atom stereocenters. The first kappa shape index (κ1) is 10.2. The predicted octanol–water partition coefficient (Wildman–Crippen LogP) is 2.37. The topological polar surface area (TPSA) is 37.8 Å². The largest absolute Gasteiger partial charge is 0.289 e. The van der Waals surface area contributed by atoms with Crippen LogP contribution in [0.4, 0.5) is 0 Å². The standard InChI is InChI=1S/C13H20N2O/c1-5-15-10-9(11(16)14-15)8-6-7-13(10,4)12(8,2)3/h8H,5-7H2,1-4H3,(H,14,16). The van der Waals surface area contributed by atoms with E-state index < -0.39 is 0 Å². The van der Waals surface area contributed by atoms with Crippen LogP contribution in [0, 0.1) is 5.41 Å². The van der Waals surface area contributed by atoms with Crippen LogP contribution < -0.4 is 5.56 Å². The number of fused-ring (bicyclic) bond motifs is 5. The van der Waals surface area contributed by atoms with Crippen molar-refractivity contribution in [2.45, 2.75) is 58.4 Å². The summed E-state index contributed by atoms with van der Waals surface area (Å²) in [7, 11) is 0. The third-order valence-electron chi connectivity index (χ3n) is 5.42. The molecule has 1 saturated carbocycles. The first-order chi connectivity index (χ1) is 7.43. The van der Waals surface area contributed by atoms with E-state index in [4.69, 9.17) is 0 Å². The van der Waals surface area contributed by atoms with Crippen molar-refractivity contribution >= 4 is 0 Å². The normalized spacial score (nSPS) is 34.4. The van der Waals surface area contributed by atoms with Gasteiger partial charge in [0.15, 0.2) is 0 Å². The van der Waals surface area contributed by atoms with Gasteiger partial charge in [-0.15, -0.1) is 0 Å². The zero-order valence-electron chi connectivity index (χ0n) is 10.6. The van der Waals surface area contributed by atoms with Gasteiger partial charge in [0, 0.05) is 17.5 Å². The molecular formula is C13H20N2O. The number of nitrogens with one attached hydrogen (secondary N) is 1. The van der Waals surface area contributed by atoms with Crippen LogP contribution in [0.5, 0.6) is 0 Å². The Morgan fingerprint density at radius 3 is 2.75 bits per heavy atom. The molecule has 1 aromatic heterocycles. The van der Waals surface area contributed by atoms with Gasteiger partial charge in [-0.05, 0) is 31.1 Å². The van der Waals surface area contributed by atoms with Crippen LogP contribution in [0.2, 0.25) is 0 Å². The summed E-state index contributed by atoms with van der Waals surface area (Å²) in [5.74, 6) is 0.462. The van der Waals surface area contributed by atoms with Crippen molar-refractivity contribution in [1.29, 1.82) is 0 Å². The zero-order valence-corrected chi connectivity index (χ0v) is 10.6. The molecule has 3 heteroatoms. The van der Waals surface area contributed by atoms with E-state index in [-0.39, 0.29) is 16.4 Å². The van der Waals surface area contributed by atoms with Gasteiger partial charge in [-0.25, -0.2) is 0 Å². The zero-order chi connectivity index (χ0) is 11.7. The van der Waals surface area contributed by atoms with Crippen molar-refractivity contribution in [1.82, 2.24) is 9.78 Å². The lowest BCUT2D eigenvalue weighted by Crippen LogP contribution is -2.34. The molecule has 88 valence electrons. The molecule has 16 heavy (non-hydrogen) atoms. The molecule has 0 aliphatic heterocycles. The van der Waals surface area contributed by atoms with Gasteiger partial charge in [0.2, 0.25) is 0 Å². The van der Waals surface area contributed by atoms with Crippen molar-refractivity contribution in [3.63, 3.8) is 0 Å². The lowest BCUT2D eigenvalue weighted by atomic mass is 9.70. The quantitative estimate of drug-likeness (QED) is 0.775. The minimum absolute atomic E-state index is 0.151. The molecule has 1 N–H and O–H groups in total. The molecule has 2 bridgehead atoms. The fourth-order valence-corrected chi connectivity index (χ4v) is 4.08. The van der Waals surface area contributed by atoms with E-state index in [2.05, 4.69) is 37.5 Å². The maximum Gasteiger partial charge on any atom is 0.267 e. The van der Waals surface area contributed by atoms with E-state index in [1.807, 2.05) is 0 Å². The lowest BCUT2D eigenvalue weighted by molar-refractivity contribution is 0.218. The summed E-state index contributed by atoms with van der Waals surface area (Å²) < 4.78 is 2.07. The summed E-state index contributed by atoms with van der Waals surface area (Å²) in [6, 6.07) is 0. The van der Waals surface area contributed by atoms with Crippen molar-refractivity contribution < 1.29 is 0 Å². The van der Waals surface area contributed by atoms with Crippen molar-refractivity contribution in [3.05, 3.63) is 21.6 Å². The minimum Gasteiger partial charge on any atom is -0.289 e. The number of rotatable bonds is 1. The molecule has 1 aromatic rings. The molecule has 2 aliphatic rings. The van der Waals surface area contributed by atoms with Gasteiger partial charge in [-0.2, -0.15) is 0 Å². The predicted molar refractivity (Wildman–Crippen MR) is 63.8 cm³/mol. The highest BCUT2D eigenvalue weighted by Crippen LogP contribution is 2.66. The molecule has 1 fully saturated rings. The Balaban J connectivity index is 2.35. The van der Waals surface area contributed by atoms with E-state index >= 15 is 0 Å². The highest BCUT2D eigenvalue weighted by Gasteiger charge is 2.62. The first-order valence-corrected chi connectivity index (χ1v) is 6.26. The Bertz CT molecular complexity index is 508. The van der Waals surface area contributed by atoms with E-state index in [0.29, 0.717) is 5.92 Å². The number of hydrogen-bond donors (Lipinski definition) is 1. The van der Waals surface area contributed by atoms with Gasteiger partial charge in [-0.1, -0.05) is 20.8 Å². The Morgan fingerprint density at radius 1 is 1.44 bits per heavy atom. The summed E-state index contributed by atoms with van der Waals surface area (Å²) in [5.41, 5.74) is 2.95. The number of H-pyrrole nitrogens is 1. The van der Waals surface area contributed by atoms with Crippen LogP contribution in [0.1, 0.15) is 57.7 Å². The Hall–Kier alpha value is -0.990. The average molecular weight is 220 g/mol. The Kier molecular flexibility index (Phi) is 1.68. The molecule has 0 spiro atoms. The fourth-order valence-electron chi connectivity index (χ4n) is 4.08. The van der Waals surface area contributed by atoms with Crippen LogP contribution in [0.15, 0.2) is 4.79 Å². The van der Waals surface area contributed by atoms with Crippen LogP contribution in [0.25, 0.3) is 0 Å². The number of aryl methyl sites for hydroxylation is 1. The summed E-state index contributed by atoms with van der Waals surface area (Å²) in [4.78, 5) is 12.0. The van der Waals surface area contributed by atoms with Gasteiger partial charge in [0.25, 0.3) is 5.56 Å². The molecule has 0 radical (unpaired) electrons. The molecule has 0 saturated heterocycles. The van der Waals surface area contributed by atoms with Crippen LogP contribution in [-0.4, -0.2) is 9.78 Å². The second-order valence-corrected chi connectivity index (χ2v) is 6.09. The Labute approximate surface area is 95.8 Å². The number of aromatic nitrogens is 2. The SMILES string of the molecule is CCn1[nH]c(=O)c2c1C1(C)CCC2C1(C)C. The summed E-state index contributed by atoms with van der Waals surface area (Å²) in [6.45, 7) is 9.94. The second kappa shape index (κ2) is 2.63. The number of aromatic amines is 1. The number of nitrogens with zero attached hydrogens (tertiary/aromatic N) is 1. The molecule has 2 aliphatic carbocycles. The Morgan fingerprint density at radius 2 is 2.12 bits per heavy atom. The van der Waals surface area contributed by atoms with Crippen LogP contribution >= 0.6 is 0 Å². The van der Waals surface area contributed by atoms with Gasteiger partial charge < -0.3 is 0 Å². The van der Waals surface area contributed by atoms with Crippen molar-refractivity contribution in [2.24, 2.45) is 5.41 Å². The van der Waals surface area contributed by atoms with Crippen molar-refractivity contribution in [3.8, 4) is 0 Å². The maximum absolute atomic E-state index is 12.0. The molecule has 2 atom stereocenters. The van der Waals surface area contributed by atoms with Crippen molar-refractivity contribution in [2.75, 3.05) is 0 Å². The van der Waals surface area contributed by atoms with Gasteiger partial charge in [-0.3, -0.25) is 14.6 Å². The molecular weight excluding hydrogens is 200 g/mol. The van der Waals surface area contributed by atoms with E-state index in [0.717, 1.165) is 12.1 Å². The second-order valence-electron chi connectivity index (χ2n) is 6.09. The lowest BCUT2D eigenvalue weighted by Gasteiger charge is -2.35. The third kappa shape index (κ3) is 0.814. The van der Waals surface area contributed by atoms with Crippen LogP contribution in [0.3, 0.4) is 0 Å². The smallest absolute Gasteiger partial charge is 0.267 e. The van der Waals surface area contributed by atoms with Gasteiger partial charge in [0.1, 0.15) is 0 Å².